The molecule has 4 aliphatic heterocycles. The Morgan fingerprint density at radius 1 is 0.935 bits per heavy atom. The van der Waals surface area contributed by atoms with Gasteiger partial charge < -0.3 is 14.5 Å². The fourth-order valence-electron chi connectivity index (χ4n) is 5.31. The molecule has 1 amide bonds. The Labute approximate surface area is 184 Å². The Kier molecular flexibility index (Phi) is 5.83. The average molecular weight is 421 g/mol. The van der Waals surface area contributed by atoms with Crippen LogP contribution in [-0.2, 0) is 0 Å². The summed E-state index contributed by atoms with van der Waals surface area (Å²) in [6.07, 6.45) is 4.81. The first kappa shape index (κ1) is 20.3. The summed E-state index contributed by atoms with van der Waals surface area (Å²) in [4.78, 5) is 17.7. The lowest BCUT2D eigenvalue weighted by Crippen LogP contribution is -2.56. The van der Waals surface area contributed by atoms with Crippen LogP contribution >= 0.6 is 0 Å². The number of hydrogen-bond acceptors (Lipinski definition) is 5. The van der Waals surface area contributed by atoms with Gasteiger partial charge in [0.2, 0.25) is 0 Å². The second-order valence-electron chi connectivity index (χ2n) is 8.96. The van der Waals surface area contributed by atoms with Crippen LogP contribution in [0.15, 0.2) is 48.5 Å². The third-order valence-corrected chi connectivity index (χ3v) is 7.08. The van der Waals surface area contributed by atoms with Crippen molar-refractivity contribution in [3.63, 3.8) is 0 Å². The van der Waals surface area contributed by atoms with E-state index in [1.54, 1.807) is 7.11 Å². The van der Waals surface area contributed by atoms with Crippen LogP contribution in [0, 0.1) is 5.92 Å². The maximum Gasteiger partial charge on any atom is 0.265 e. The highest BCUT2D eigenvalue weighted by atomic mass is 16.5. The van der Waals surface area contributed by atoms with Gasteiger partial charge in [-0.2, -0.15) is 0 Å². The first-order valence-electron chi connectivity index (χ1n) is 11.5. The number of carbonyl (C=O) groups is 1. The highest BCUT2D eigenvalue weighted by molar-refractivity contribution is 5.94. The maximum atomic E-state index is 12.6. The molecule has 4 aliphatic rings. The number of methoxy groups -OCH3 is 1. The van der Waals surface area contributed by atoms with Gasteiger partial charge in [0.15, 0.2) is 0 Å². The molecule has 2 aromatic rings. The molecule has 0 spiro atoms. The minimum atomic E-state index is -0.0210. The molecule has 1 unspecified atom stereocenters. The summed E-state index contributed by atoms with van der Waals surface area (Å²) >= 11 is 0. The number of nitrogens with one attached hydrogen (secondary N) is 1. The number of piperidine rings is 3. The zero-order chi connectivity index (χ0) is 21.2. The zero-order valence-corrected chi connectivity index (χ0v) is 18.3. The average Bonchev–Trinajstić information content (AvgIpc) is 3.34. The molecular weight excluding hydrogens is 388 g/mol. The van der Waals surface area contributed by atoms with Crippen molar-refractivity contribution in [1.29, 1.82) is 0 Å². The van der Waals surface area contributed by atoms with Crippen molar-refractivity contribution < 1.29 is 9.53 Å². The third kappa shape index (κ3) is 4.27. The molecule has 1 atom stereocenters. The van der Waals surface area contributed by atoms with Crippen LogP contribution in [0.5, 0.6) is 5.75 Å². The second-order valence-corrected chi connectivity index (χ2v) is 8.96. The van der Waals surface area contributed by atoms with E-state index in [1.165, 1.54) is 31.6 Å². The van der Waals surface area contributed by atoms with Gasteiger partial charge in [0.1, 0.15) is 5.75 Å². The number of fused-ring (bicyclic) bond motifs is 3. The van der Waals surface area contributed by atoms with Crippen LogP contribution in [0.2, 0.25) is 0 Å². The van der Waals surface area contributed by atoms with E-state index in [4.69, 9.17) is 4.74 Å². The monoisotopic (exact) mass is 420 g/mol. The van der Waals surface area contributed by atoms with Gasteiger partial charge in [0, 0.05) is 42.6 Å². The number of anilines is 2. The summed E-state index contributed by atoms with van der Waals surface area (Å²) in [7, 11) is 1.70. The number of hydrazine groups is 1. The van der Waals surface area contributed by atoms with Gasteiger partial charge >= 0.3 is 0 Å². The number of rotatable bonds is 6. The molecule has 0 saturated carbocycles. The Bertz CT molecular complexity index is 885. The van der Waals surface area contributed by atoms with Crippen molar-refractivity contribution in [2.75, 3.05) is 44.7 Å². The SMILES string of the molecule is COc1ccc(N(c2ccc(C(=O)NN3CCCC3)cc2)C2CN3CCC2CC3)cc1. The smallest absolute Gasteiger partial charge is 0.265 e. The largest absolute Gasteiger partial charge is 0.497 e. The molecule has 0 radical (unpaired) electrons. The Morgan fingerprint density at radius 2 is 1.55 bits per heavy atom. The summed E-state index contributed by atoms with van der Waals surface area (Å²) in [6, 6.07) is 16.9. The van der Waals surface area contributed by atoms with Crippen molar-refractivity contribution in [2.45, 2.75) is 31.7 Å². The Balaban J connectivity index is 1.41. The molecule has 31 heavy (non-hydrogen) atoms. The molecule has 6 heteroatoms. The summed E-state index contributed by atoms with van der Waals surface area (Å²) in [5.74, 6) is 1.55. The molecule has 0 aliphatic carbocycles. The lowest BCUT2D eigenvalue weighted by molar-refractivity contribution is 0.0826. The molecule has 164 valence electrons. The van der Waals surface area contributed by atoms with E-state index < -0.39 is 0 Å². The molecule has 4 heterocycles. The first-order valence-corrected chi connectivity index (χ1v) is 11.5. The quantitative estimate of drug-likeness (QED) is 0.773. The van der Waals surface area contributed by atoms with Gasteiger partial charge in [0.25, 0.3) is 5.91 Å². The van der Waals surface area contributed by atoms with E-state index in [0.717, 1.165) is 43.9 Å². The van der Waals surface area contributed by atoms with Crippen LogP contribution in [0.1, 0.15) is 36.0 Å². The lowest BCUT2D eigenvalue weighted by Gasteiger charge is -2.49. The normalized spacial score (nSPS) is 25.4. The number of hydrogen-bond donors (Lipinski definition) is 1. The minimum Gasteiger partial charge on any atom is -0.497 e. The molecule has 0 aromatic heterocycles. The number of carbonyl (C=O) groups excluding carboxylic acids is 1. The highest BCUT2D eigenvalue weighted by Crippen LogP contribution is 2.38. The van der Waals surface area contributed by atoms with E-state index in [2.05, 4.69) is 39.5 Å². The number of nitrogens with zero attached hydrogens (tertiary/aromatic N) is 3. The number of amides is 1. The van der Waals surface area contributed by atoms with Crippen molar-refractivity contribution in [1.82, 2.24) is 15.3 Å². The molecule has 2 bridgehead atoms. The van der Waals surface area contributed by atoms with Crippen molar-refractivity contribution in [2.24, 2.45) is 5.92 Å². The minimum absolute atomic E-state index is 0.0210. The van der Waals surface area contributed by atoms with Crippen LogP contribution < -0.4 is 15.1 Å². The zero-order valence-electron chi connectivity index (χ0n) is 18.3. The predicted molar refractivity (Wildman–Crippen MR) is 123 cm³/mol. The van der Waals surface area contributed by atoms with Gasteiger partial charge in [0.05, 0.1) is 7.11 Å². The maximum absolute atomic E-state index is 12.6. The molecular formula is C25H32N4O2. The van der Waals surface area contributed by atoms with Gasteiger partial charge in [-0.25, -0.2) is 5.01 Å². The van der Waals surface area contributed by atoms with Crippen LogP contribution in [0.3, 0.4) is 0 Å². The predicted octanol–water partition coefficient (Wildman–Crippen LogP) is 3.67. The highest BCUT2D eigenvalue weighted by Gasteiger charge is 2.38. The lowest BCUT2D eigenvalue weighted by atomic mass is 9.82. The van der Waals surface area contributed by atoms with Crippen LogP contribution in [0.4, 0.5) is 11.4 Å². The fraction of sp³-hybridized carbons (Fsp3) is 0.480. The third-order valence-electron chi connectivity index (χ3n) is 7.08. The molecule has 2 aromatic carbocycles. The van der Waals surface area contributed by atoms with Gasteiger partial charge in [-0.15, -0.1) is 0 Å². The van der Waals surface area contributed by atoms with Gasteiger partial charge in [-0.3, -0.25) is 10.2 Å². The number of benzene rings is 2. The van der Waals surface area contributed by atoms with Crippen LogP contribution in [-0.4, -0.2) is 61.7 Å². The van der Waals surface area contributed by atoms with Gasteiger partial charge in [-0.05, 0) is 93.2 Å². The van der Waals surface area contributed by atoms with E-state index in [-0.39, 0.29) is 5.91 Å². The molecule has 4 fully saturated rings. The Hall–Kier alpha value is -2.57. The van der Waals surface area contributed by atoms with E-state index in [9.17, 15) is 4.79 Å². The molecule has 4 saturated heterocycles. The molecule has 6 nitrogen and oxygen atoms in total. The summed E-state index contributed by atoms with van der Waals surface area (Å²) in [5.41, 5.74) is 6.06. The van der Waals surface area contributed by atoms with Crippen molar-refractivity contribution in [3.05, 3.63) is 54.1 Å². The summed E-state index contributed by atoms with van der Waals surface area (Å²) in [5, 5.41) is 2.02. The number of ether oxygens (including phenoxy) is 1. The summed E-state index contributed by atoms with van der Waals surface area (Å²) < 4.78 is 5.37. The fourth-order valence-corrected chi connectivity index (χ4v) is 5.31. The molecule has 1 N–H and O–H groups in total. The van der Waals surface area contributed by atoms with E-state index in [1.807, 2.05) is 29.3 Å². The van der Waals surface area contributed by atoms with Crippen LogP contribution in [0.25, 0.3) is 0 Å². The van der Waals surface area contributed by atoms with Crippen molar-refractivity contribution >= 4 is 17.3 Å². The molecule has 6 rings (SSSR count). The topological polar surface area (TPSA) is 48.1 Å². The van der Waals surface area contributed by atoms with E-state index >= 15 is 0 Å². The Morgan fingerprint density at radius 3 is 2.10 bits per heavy atom. The first-order chi connectivity index (χ1) is 15.2. The van der Waals surface area contributed by atoms with Gasteiger partial charge in [-0.1, -0.05) is 0 Å². The second kappa shape index (κ2) is 8.89. The van der Waals surface area contributed by atoms with Crippen molar-refractivity contribution in [3.8, 4) is 5.75 Å². The standard InChI is InChI=1S/C25H32N4O2/c1-31-23-10-8-22(9-11-23)29(24-18-27-16-12-19(24)13-17-27)21-6-4-20(5-7-21)25(30)26-28-14-2-3-15-28/h4-11,19,24H,2-3,12-18H2,1H3,(H,26,30). The van der Waals surface area contributed by atoms with E-state index in [0.29, 0.717) is 17.5 Å². The summed E-state index contributed by atoms with van der Waals surface area (Å²) in [6.45, 7) is 5.40.